The van der Waals surface area contributed by atoms with E-state index in [0.717, 1.165) is 21.5 Å². The fourth-order valence-corrected chi connectivity index (χ4v) is 2.58. The van der Waals surface area contributed by atoms with E-state index < -0.39 is 0 Å². The Labute approximate surface area is 120 Å². The van der Waals surface area contributed by atoms with Crippen molar-refractivity contribution in [3.63, 3.8) is 0 Å². The highest BCUT2D eigenvalue weighted by atomic mass is 79.9. The van der Waals surface area contributed by atoms with Gasteiger partial charge in [-0.3, -0.25) is 9.38 Å². The maximum absolute atomic E-state index is 4.57. The van der Waals surface area contributed by atoms with E-state index in [-0.39, 0.29) is 0 Å². The standard InChI is InChI=1S/C15H14BrN3/c1-10(2)11-3-5-12(6-4-11)15-18-14(16)13-9-17-7-8-19(13)15/h3-10H,1-2H3. The third-order valence-electron chi connectivity index (χ3n) is 3.24. The smallest absolute Gasteiger partial charge is 0.145 e. The predicted octanol–water partition coefficient (Wildman–Crippen LogP) is 4.28. The molecule has 0 atom stereocenters. The number of halogens is 1. The monoisotopic (exact) mass is 315 g/mol. The van der Waals surface area contributed by atoms with Crippen LogP contribution in [-0.4, -0.2) is 14.4 Å². The third-order valence-corrected chi connectivity index (χ3v) is 3.82. The van der Waals surface area contributed by atoms with Gasteiger partial charge in [-0.2, -0.15) is 0 Å². The molecule has 0 amide bonds. The van der Waals surface area contributed by atoms with Crippen LogP contribution in [0.2, 0.25) is 0 Å². The Bertz CT molecular complexity index is 714. The lowest BCUT2D eigenvalue weighted by atomic mass is 10.0. The second-order valence-electron chi connectivity index (χ2n) is 4.83. The molecule has 0 fully saturated rings. The zero-order valence-corrected chi connectivity index (χ0v) is 12.4. The third kappa shape index (κ3) is 2.16. The summed E-state index contributed by atoms with van der Waals surface area (Å²) in [4.78, 5) is 8.70. The Balaban J connectivity index is 2.14. The largest absolute Gasteiger partial charge is 0.296 e. The highest BCUT2D eigenvalue weighted by Crippen LogP contribution is 2.26. The van der Waals surface area contributed by atoms with Crippen LogP contribution in [-0.2, 0) is 0 Å². The SMILES string of the molecule is CC(C)c1ccc(-c2nc(Br)c3cnccn23)cc1. The Morgan fingerprint density at radius 1 is 1.16 bits per heavy atom. The van der Waals surface area contributed by atoms with E-state index in [2.05, 4.69) is 64.0 Å². The van der Waals surface area contributed by atoms with Crippen molar-refractivity contribution in [2.45, 2.75) is 19.8 Å². The number of nitrogens with zero attached hydrogens (tertiary/aromatic N) is 3. The second-order valence-corrected chi connectivity index (χ2v) is 5.59. The van der Waals surface area contributed by atoms with Gasteiger partial charge in [0.15, 0.2) is 0 Å². The number of aromatic nitrogens is 3. The molecule has 3 aromatic rings. The van der Waals surface area contributed by atoms with Crippen LogP contribution in [0.5, 0.6) is 0 Å². The molecule has 19 heavy (non-hydrogen) atoms. The molecular weight excluding hydrogens is 302 g/mol. The quantitative estimate of drug-likeness (QED) is 0.706. The van der Waals surface area contributed by atoms with Gasteiger partial charge in [0, 0.05) is 18.0 Å². The number of imidazole rings is 1. The number of hydrogen-bond donors (Lipinski definition) is 0. The first-order valence-corrected chi connectivity index (χ1v) is 7.04. The van der Waals surface area contributed by atoms with Crippen LogP contribution in [0.1, 0.15) is 25.3 Å². The Morgan fingerprint density at radius 3 is 2.58 bits per heavy atom. The van der Waals surface area contributed by atoms with Gasteiger partial charge < -0.3 is 0 Å². The highest BCUT2D eigenvalue weighted by Gasteiger charge is 2.10. The summed E-state index contributed by atoms with van der Waals surface area (Å²) >= 11 is 3.48. The van der Waals surface area contributed by atoms with Crippen LogP contribution >= 0.6 is 15.9 Å². The van der Waals surface area contributed by atoms with Crippen molar-refractivity contribution in [1.29, 1.82) is 0 Å². The summed E-state index contributed by atoms with van der Waals surface area (Å²) in [7, 11) is 0. The molecule has 2 aromatic heterocycles. The zero-order valence-electron chi connectivity index (χ0n) is 10.8. The molecule has 0 aliphatic rings. The molecule has 0 aliphatic carbocycles. The van der Waals surface area contributed by atoms with Crippen LogP contribution in [0.25, 0.3) is 16.9 Å². The highest BCUT2D eigenvalue weighted by molar-refractivity contribution is 9.10. The van der Waals surface area contributed by atoms with Crippen molar-refractivity contribution < 1.29 is 0 Å². The molecule has 4 heteroatoms. The summed E-state index contributed by atoms with van der Waals surface area (Å²) in [6, 6.07) is 8.57. The molecule has 0 bridgehead atoms. The number of hydrogen-bond acceptors (Lipinski definition) is 2. The summed E-state index contributed by atoms with van der Waals surface area (Å²) < 4.78 is 2.87. The molecule has 0 unspecified atom stereocenters. The molecule has 0 saturated heterocycles. The molecule has 0 radical (unpaired) electrons. The van der Waals surface area contributed by atoms with E-state index in [4.69, 9.17) is 0 Å². The molecule has 3 nitrogen and oxygen atoms in total. The average Bonchev–Trinajstić information content (AvgIpc) is 2.77. The molecule has 96 valence electrons. The van der Waals surface area contributed by atoms with Gasteiger partial charge >= 0.3 is 0 Å². The van der Waals surface area contributed by atoms with Crippen LogP contribution in [0.4, 0.5) is 0 Å². The number of fused-ring (bicyclic) bond motifs is 1. The molecule has 0 N–H and O–H groups in total. The van der Waals surface area contributed by atoms with E-state index in [0.29, 0.717) is 5.92 Å². The topological polar surface area (TPSA) is 30.2 Å². The van der Waals surface area contributed by atoms with Crippen LogP contribution in [0.15, 0.2) is 47.5 Å². The molecule has 3 rings (SSSR count). The molecular formula is C15H14BrN3. The first-order valence-electron chi connectivity index (χ1n) is 6.24. The lowest BCUT2D eigenvalue weighted by Crippen LogP contribution is -1.91. The van der Waals surface area contributed by atoms with Crippen molar-refractivity contribution in [3.8, 4) is 11.4 Å². The van der Waals surface area contributed by atoms with Gasteiger partial charge in [-0.15, -0.1) is 0 Å². The fourth-order valence-electron chi connectivity index (χ4n) is 2.12. The number of benzene rings is 1. The first-order chi connectivity index (χ1) is 9.16. The normalized spacial score (nSPS) is 11.4. The van der Waals surface area contributed by atoms with Gasteiger partial charge in [-0.05, 0) is 27.4 Å². The van der Waals surface area contributed by atoms with Crippen molar-refractivity contribution in [1.82, 2.24) is 14.4 Å². The Hall–Kier alpha value is -1.68. The summed E-state index contributed by atoms with van der Waals surface area (Å²) in [5, 5.41) is 0. The minimum atomic E-state index is 0.544. The van der Waals surface area contributed by atoms with E-state index in [1.807, 2.05) is 16.8 Å². The predicted molar refractivity (Wildman–Crippen MR) is 80.2 cm³/mol. The average molecular weight is 316 g/mol. The summed E-state index contributed by atoms with van der Waals surface area (Å²) in [6.45, 7) is 4.39. The molecule has 1 aromatic carbocycles. The fraction of sp³-hybridized carbons (Fsp3) is 0.200. The lowest BCUT2D eigenvalue weighted by Gasteiger charge is -2.06. The molecule has 0 spiro atoms. The maximum Gasteiger partial charge on any atom is 0.145 e. The maximum atomic E-state index is 4.57. The van der Waals surface area contributed by atoms with Gasteiger partial charge in [-0.1, -0.05) is 38.1 Å². The van der Waals surface area contributed by atoms with Gasteiger partial charge in [0.25, 0.3) is 0 Å². The zero-order chi connectivity index (χ0) is 13.4. The van der Waals surface area contributed by atoms with E-state index >= 15 is 0 Å². The van der Waals surface area contributed by atoms with Crippen molar-refractivity contribution in [2.24, 2.45) is 0 Å². The van der Waals surface area contributed by atoms with E-state index in [9.17, 15) is 0 Å². The van der Waals surface area contributed by atoms with Crippen molar-refractivity contribution in [3.05, 3.63) is 53.0 Å². The first kappa shape index (κ1) is 12.4. The van der Waals surface area contributed by atoms with E-state index in [1.165, 1.54) is 5.56 Å². The summed E-state index contributed by atoms with van der Waals surface area (Å²) in [5.74, 6) is 1.47. The van der Waals surface area contributed by atoms with Gasteiger partial charge in [0.1, 0.15) is 10.4 Å². The molecule has 0 aliphatic heterocycles. The minimum absolute atomic E-state index is 0.544. The van der Waals surface area contributed by atoms with E-state index in [1.54, 1.807) is 6.20 Å². The van der Waals surface area contributed by atoms with Crippen molar-refractivity contribution >= 4 is 21.4 Å². The van der Waals surface area contributed by atoms with Gasteiger partial charge in [-0.25, -0.2) is 4.98 Å². The Morgan fingerprint density at radius 2 is 1.89 bits per heavy atom. The van der Waals surface area contributed by atoms with Crippen LogP contribution in [0, 0.1) is 0 Å². The van der Waals surface area contributed by atoms with Crippen LogP contribution < -0.4 is 0 Å². The van der Waals surface area contributed by atoms with Crippen molar-refractivity contribution in [2.75, 3.05) is 0 Å². The minimum Gasteiger partial charge on any atom is -0.296 e. The number of rotatable bonds is 2. The summed E-state index contributed by atoms with van der Waals surface area (Å²) in [6.07, 6.45) is 5.51. The molecule has 2 heterocycles. The van der Waals surface area contributed by atoms with Crippen LogP contribution in [0.3, 0.4) is 0 Å². The lowest BCUT2D eigenvalue weighted by molar-refractivity contribution is 0.867. The van der Waals surface area contributed by atoms with Gasteiger partial charge in [0.2, 0.25) is 0 Å². The molecule has 0 saturated carbocycles. The second kappa shape index (κ2) is 4.78. The summed E-state index contributed by atoms with van der Waals surface area (Å²) in [5.41, 5.74) is 3.42. The van der Waals surface area contributed by atoms with Gasteiger partial charge in [0.05, 0.1) is 11.7 Å². The Kier molecular flexibility index (Phi) is 3.11.